The van der Waals surface area contributed by atoms with E-state index in [1.165, 1.54) is 6.07 Å². The Bertz CT molecular complexity index is 495. The second-order valence-corrected chi connectivity index (χ2v) is 5.66. The molecule has 1 aliphatic heterocycles. The molecule has 1 atom stereocenters. The average Bonchev–Trinajstić information content (AvgIpc) is 2.41. The first kappa shape index (κ1) is 14.3. The first-order valence-corrected chi connectivity index (χ1v) is 7.30. The zero-order valence-electron chi connectivity index (χ0n) is 10.7. The van der Waals surface area contributed by atoms with Crippen LogP contribution in [0, 0.1) is 0 Å². The number of carbonyl (C=O) groups excluding carboxylic acids is 1. The number of aryl methyl sites for hydroxylation is 1. The van der Waals surface area contributed by atoms with E-state index in [0.29, 0.717) is 13.0 Å². The van der Waals surface area contributed by atoms with Crippen molar-refractivity contribution in [1.82, 2.24) is 15.2 Å². The minimum atomic E-state index is -0.0877. The van der Waals surface area contributed by atoms with Gasteiger partial charge in [0.2, 0.25) is 5.91 Å². The van der Waals surface area contributed by atoms with Gasteiger partial charge < -0.3 is 15.2 Å². The predicted molar refractivity (Wildman–Crippen MR) is 77.1 cm³/mol. The summed E-state index contributed by atoms with van der Waals surface area (Å²) in [6.45, 7) is 2.27. The van der Waals surface area contributed by atoms with Crippen molar-refractivity contribution < 1.29 is 4.79 Å². The molecule has 2 rings (SSSR count). The number of aromatic nitrogens is 1. The van der Waals surface area contributed by atoms with Crippen LogP contribution in [0.25, 0.3) is 0 Å². The van der Waals surface area contributed by atoms with Crippen LogP contribution in [-0.4, -0.2) is 29.6 Å². The van der Waals surface area contributed by atoms with E-state index in [2.05, 4.69) is 26.6 Å². The van der Waals surface area contributed by atoms with E-state index in [4.69, 9.17) is 0 Å². The van der Waals surface area contributed by atoms with E-state index < -0.39 is 0 Å². The molecule has 1 saturated heterocycles. The van der Waals surface area contributed by atoms with Crippen molar-refractivity contribution in [3.63, 3.8) is 0 Å². The summed E-state index contributed by atoms with van der Waals surface area (Å²) in [5, 5.41) is 6.25. The fraction of sp³-hybridized carbons (Fsp3) is 0.538. The zero-order chi connectivity index (χ0) is 13.7. The fourth-order valence-electron chi connectivity index (χ4n) is 2.17. The Labute approximate surface area is 120 Å². The molecule has 0 aliphatic carbocycles. The van der Waals surface area contributed by atoms with E-state index >= 15 is 0 Å². The van der Waals surface area contributed by atoms with E-state index in [1.807, 2.05) is 0 Å². The molecule has 0 radical (unpaired) electrons. The molecule has 0 unspecified atom stereocenters. The predicted octanol–water partition coefficient (Wildman–Crippen LogP) is 0.869. The van der Waals surface area contributed by atoms with Crippen molar-refractivity contribution in [2.45, 2.75) is 31.8 Å². The lowest BCUT2D eigenvalue weighted by atomic mass is 10.1. The molecule has 5 nitrogen and oxygen atoms in total. The van der Waals surface area contributed by atoms with Crippen molar-refractivity contribution in [2.75, 3.05) is 13.1 Å². The molecule has 2 N–H and O–H groups in total. The van der Waals surface area contributed by atoms with E-state index in [-0.39, 0.29) is 17.5 Å². The summed E-state index contributed by atoms with van der Waals surface area (Å²) in [5.41, 5.74) is -0.0877. The number of amides is 1. The molecule has 0 spiro atoms. The first-order valence-electron chi connectivity index (χ1n) is 6.51. The van der Waals surface area contributed by atoms with Crippen LogP contribution in [0.1, 0.15) is 19.3 Å². The number of pyridine rings is 1. The van der Waals surface area contributed by atoms with Gasteiger partial charge in [0.05, 0.1) is 0 Å². The van der Waals surface area contributed by atoms with Crippen LogP contribution < -0.4 is 16.2 Å². The van der Waals surface area contributed by atoms with Gasteiger partial charge in [-0.15, -0.1) is 0 Å². The Kier molecular flexibility index (Phi) is 5.15. The number of carbonyl (C=O) groups is 1. The van der Waals surface area contributed by atoms with Gasteiger partial charge in [-0.05, 0) is 41.4 Å². The molecule has 1 aromatic rings. The Morgan fingerprint density at radius 3 is 3.11 bits per heavy atom. The second kappa shape index (κ2) is 6.86. The lowest BCUT2D eigenvalue weighted by molar-refractivity contribution is -0.122. The average molecular weight is 328 g/mol. The molecule has 1 fully saturated rings. The summed E-state index contributed by atoms with van der Waals surface area (Å²) in [6, 6.07) is 3.42. The van der Waals surface area contributed by atoms with Gasteiger partial charge in [0.1, 0.15) is 0 Å². The topological polar surface area (TPSA) is 63.1 Å². The Balaban J connectivity index is 1.82. The highest BCUT2D eigenvalue weighted by Crippen LogP contribution is 2.05. The number of hydrogen-bond donors (Lipinski definition) is 2. The molecule has 6 heteroatoms. The van der Waals surface area contributed by atoms with Crippen LogP contribution in [0.4, 0.5) is 0 Å². The standard InChI is InChI=1S/C13H18BrN3O2/c14-10-3-4-13(19)17(9-10)7-5-12(18)16-11-2-1-6-15-8-11/h3-4,9,11,15H,1-2,5-8H2,(H,16,18)/t11-/m0/s1. The molecule has 1 aromatic heterocycles. The number of rotatable bonds is 4. The van der Waals surface area contributed by atoms with E-state index in [1.54, 1.807) is 16.8 Å². The normalized spacial score (nSPS) is 19.1. The molecule has 104 valence electrons. The highest BCUT2D eigenvalue weighted by Gasteiger charge is 2.15. The summed E-state index contributed by atoms with van der Waals surface area (Å²) >= 11 is 3.31. The van der Waals surface area contributed by atoms with E-state index in [9.17, 15) is 9.59 Å². The molecular weight excluding hydrogens is 310 g/mol. The fourth-order valence-corrected chi connectivity index (χ4v) is 2.55. The van der Waals surface area contributed by atoms with Crippen molar-refractivity contribution in [3.05, 3.63) is 33.2 Å². The maximum absolute atomic E-state index is 11.8. The Morgan fingerprint density at radius 2 is 2.37 bits per heavy atom. The molecule has 0 saturated carbocycles. The van der Waals surface area contributed by atoms with Crippen molar-refractivity contribution in [1.29, 1.82) is 0 Å². The van der Waals surface area contributed by atoms with Crippen LogP contribution in [0.2, 0.25) is 0 Å². The van der Waals surface area contributed by atoms with Gasteiger partial charge in [-0.3, -0.25) is 9.59 Å². The van der Waals surface area contributed by atoms with Gasteiger partial charge in [-0.2, -0.15) is 0 Å². The Morgan fingerprint density at radius 1 is 1.53 bits per heavy atom. The van der Waals surface area contributed by atoms with Gasteiger partial charge in [0.15, 0.2) is 0 Å². The summed E-state index contributed by atoms with van der Waals surface area (Å²) in [7, 11) is 0. The number of nitrogens with one attached hydrogen (secondary N) is 2. The Hall–Kier alpha value is -1.14. The smallest absolute Gasteiger partial charge is 0.250 e. The van der Waals surface area contributed by atoms with Gasteiger partial charge >= 0.3 is 0 Å². The zero-order valence-corrected chi connectivity index (χ0v) is 12.3. The lowest BCUT2D eigenvalue weighted by Crippen LogP contribution is -2.45. The third-order valence-corrected chi connectivity index (χ3v) is 3.66. The molecule has 1 aliphatic rings. The van der Waals surface area contributed by atoms with E-state index in [0.717, 1.165) is 30.4 Å². The summed E-state index contributed by atoms with van der Waals surface area (Å²) in [4.78, 5) is 23.4. The van der Waals surface area contributed by atoms with Gasteiger partial charge in [0.25, 0.3) is 5.56 Å². The highest BCUT2D eigenvalue weighted by atomic mass is 79.9. The molecule has 1 amide bonds. The summed E-state index contributed by atoms with van der Waals surface area (Å²) in [6.07, 6.45) is 4.15. The lowest BCUT2D eigenvalue weighted by Gasteiger charge is -2.23. The van der Waals surface area contributed by atoms with Crippen LogP contribution >= 0.6 is 15.9 Å². The molecule has 19 heavy (non-hydrogen) atoms. The number of halogens is 1. The quantitative estimate of drug-likeness (QED) is 0.862. The molecule has 2 heterocycles. The third-order valence-electron chi connectivity index (χ3n) is 3.19. The van der Waals surface area contributed by atoms with Gasteiger partial charge in [0, 0.05) is 42.3 Å². The van der Waals surface area contributed by atoms with Crippen molar-refractivity contribution in [2.24, 2.45) is 0 Å². The van der Waals surface area contributed by atoms with Gasteiger partial charge in [-0.1, -0.05) is 0 Å². The first-order chi connectivity index (χ1) is 9.15. The maximum Gasteiger partial charge on any atom is 0.250 e. The minimum Gasteiger partial charge on any atom is -0.352 e. The van der Waals surface area contributed by atoms with Crippen LogP contribution in [0.15, 0.2) is 27.6 Å². The largest absolute Gasteiger partial charge is 0.352 e. The van der Waals surface area contributed by atoms with Gasteiger partial charge in [-0.25, -0.2) is 0 Å². The third kappa shape index (κ3) is 4.47. The molecular formula is C13H18BrN3O2. The SMILES string of the molecule is O=C(CCn1cc(Br)ccc1=O)N[C@H]1CCCNC1. The maximum atomic E-state index is 11.8. The van der Waals surface area contributed by atoms with Crippen LogP contribution in [0.3, 0.4) is 0 Å². The second-order valence-electron chi connectivity index (χ2n) is 4.74. The summed E-state index contributed by atoms with van der Waals surface area (Å²) < 4.78 is 2.38. The van der Waals surface area contributed by atoms with Crippen molar-refractivity contribution >= 4 is 21.8 Å². The molecule has 0 bridgehead atoms. The summed E-state index contributed by atoms with van der Waals surface area (Å²) in [5.74, 6) is 0.000533. The monoisotopic (exact) mass is 327 g/mol. The number of hydrogen-bond acceptors (Lipinski definition) is 3. The number of nitrogens with zero attached hydrogens (tertiary/aromatic N) is 1. The molecule has 0 aromatic carbocycles. The van der Waals surface area contributed by atoms with Crippen LogP contribution in [0.5, 0.6) is 0 Å². The highest BCUT2D eigenvalue weighted by molar-refractivity contribution is 9.10. The minimum absolute atomic E-state index is 0.000533. The van der Waals surface area contributed by atoms with Crippen molar-refractivity contribution in [3.8, 4) is 0 Å². The van der Waals surface area contributed by atoms with Crippen LogP contribution in [-0.2, 0) is 11.3 Å². The number of piperidine rings is 1.